The third-order valence-electron chi connectivity index (χ3n) is 0. The molecule has 24 valence electrons. The fourth-order valence-electron chi connectivity index (χ4n) is 0. The van der Waals surface area contributed by atoms with E-state index in [1.165, 1.54) is 0 Å². The van der Waals surface area contributed by atoms with Gasteiger partial charge in [-0.15, -0.1) is 0 Å². The van der Waals surface area contributed by atoms with E-state index in [2.05, 4.69) is 0 Å². The van der Waals surface area contributed by atoms with Gasteiger partial charge in [0.15, 0.2) is 0 Å². The average molecular weight is 160 g/mol. The van der Waals surface area contributed by atoms with Gasteiger partial charge in [0.2, 0.25) is 0 Å². The van der Waals surface area contributed by atoms with Gasteiger partial charge in [0.05, 0.1) is 0 Å². The van der Waals surface area contributed by atoms with Gasteiger partial charge in [-0.25, -0.2) is 0 Å². The fraction of sp³-hybridized carbons (Fsp3) is 0. The Morgan fingerprint density at radius 1 is 1.25 bits per heavy atom. The summed E-state index contributed by atoms with van der Waals surface area (Å²) in [4.78, 5) is 0. The zero-order valence-corrected chi connectivity index (χ0v) is 4.46. The van der Waals surface area contributed by atoms with Crippen molar-refractivity contribution in [3.63, 3.8) is 0 Å². The molecule has 4 heteroatoms. The Morgan fingerprint density at radius 3 is 1.25 bits per heavy atom. The molecule has 0 aromatic carbocycles. The van der Waals surface area contributed by atoms with Gasteiger partial charge in [-0.3, -0.25) is 0 Å². The van der Waals surface area contributed by atoms with Crippen molar-refractivity contribution in [1.29, 1.82) is 0 Å². The monoisotopic (exact) mass is 162 g/mol. The van der Waals surface area contributed by atoms with Crippen LogP contribution in [0.3, 0.4) is 0 Å². The molecule has 0 radical (unpaired) electrons. The maximum atomic E-state index is 8.29. The quantitative estimate of drug-likeness (QED) is 0.440. The average Bonchev–Trinajstić information content (AvgIpc) is 0.918. The maximum Gasteiger partial charge on any atom is 0.335 e. The van der Waals surface area contributed by atoms with Gasteiger partial charge < -0.3 is 0 Å². The van der Waals surface area contributed by atoms with Gasteiger partial charge in [0.1, 0.15) is 0 Å². The molecule has 2 nitrogen and oxygen atoms in total. The standard InChI is InChI=1S/Mo.O2S/c;1-3-2. The van der Waals surface area contributed by atoms with E-state index in [9.17, 15) is 0 Å². The number of rotatable bonds is 0. The van der Waals surface area contributed by atoms with Crippen molar-refractivity contribution in [3.8, 4) is 0 Å². The van der Waals surface area contributed by atoms with Crippen LogP contribution in [0.5, 0.6) is 0 Å². The molecule has 0 aromatic heterocycles. The van der Waals surface area contributed by atoms with Crippen molar-refractivity contribution in [2.24, 2.45) is 0 Å². The van der Waals surface area contributed by atoms with Crippen LogP contribution < -0.4 is 0 Å². The Balaban J connectivity index is 0. The molecule has 0 saturated carbocycles. The molecule has 0 aliphatic heterocycles. The largest absolute Gasteiger partial charge is 0.335 e. The summed E-state index contributed by atoms with van der Waals surface area (Å²) in [7, 11) is 0. The Hall–Kier alpha value is 0.508. The van der Waals surface area contributed by atoms with Crippen molar-refractivity contribution in [1.82, 2.24) is 0 Å². The predicted octanol–water partition coefficient (Wildman–Crippen LogP) is -0.673. The van der Waals surface area contributed by atoms with E-state index in [1.54, 1.807) is 0 Å². The first-order chi connectivity index (χ1) is 1.41. The van der Waals surface area contributed by atoms with Gasteiger partial charge >= 0.3 is 11.6 Å². The second kappa shape index (κ2) is 9.70. The molecule has 0 fully saturated rings. The van der Waals surface area contributed by atoms with E-state index in [0.717, 1.165) is 0 Å². The zero-order valence-electron chi connectivity index (χ0n) is 1.63. The SMILES string of the molecule is O=S=O.[Mo]. The summed E-state index contributed by atoms with van der Waals surface area (Å²) < 4.78 is 16.6. The minimum atomic E-state index is -0.750. The summed E-state index contributed by atoms with van der Waals surface area (Å²) in [5.74, 6) is 0. The van der Waals surface area contributed by atoms with Crippen LogP contribution in [0.2, 0.25) is 0 Å². The molecule has 0 saturated heterocycles. The first kappa shape index (κ1) is 8.82. The van der Waals surface area contributed by atoms with Crippen LogP contribution in [-0.4, -0.2) is 8.42 Å². The van der Waals surface area contributed by atoms with E-state index >= 15 is 0 Å². The summed E-state index contributed by atoms with van der Waals surface area (Å²) in [6.07, 6.45) is 0. The molecule has 0 amide bonds. The van der Waals surface area contributed by atoms with E-state index in [-0.39, 0.29) is 21.1 Å². The molecule has 0 heterocycles. The molecular weight excluding hydrogens is 160 g/mol. The van der Waals surface area contributed by atoms with Gasteiger partial charge in [-0.2, -0.15) is 8.42 Å². The van der Waals surface area contributed by atoms with E-state index in [0.29, 0.717) is 0 Å². The zero-order chi connectivity index (χ0) is 2.71. The first-order valence-corrected chi connectivity index (χ1v) is 1.00. The third-order valence-corrected chi connectivity index (χ3v) is 0. The summed E-state index contributed by atoms with van der Waals surface area (Å²) in [5, 5.41) is 0. The minimum Gasteiger partial charge on any atom is -0.168 e. The van der Waals surface area contributed by atoms with Crippen LogP contribution in [-0.2, 0) is 32.6 Å². The molecule has 0 aliphatic rings. The molecular formula is MoO2S. The second-order valence-electron chi connectivity index (χ2n) is 0.0680. The molecule has 0 bridgehead atoms. The minimum absolute atomic E-state index is 0. The van der Waals surface area contributed by atoms with Crippen molar-refractivity contribution in [3.05, 3.63) is 0 Å². The molecule has 0 atom stereocenters. The number of hydrogen-bond acceptors (Lipinski definition) is 2. The van der Waals surface area contributed by atoms with E-state index in [4.69, 9.17) is 8.42 Å². The van der Waals surface area contributed by atoms with Crippen LogP contribution in [0, 0.1) is 0 Å². The van der Waals surface area contributed by atoms with Crippen molar-refractivity contribution >= 4 is 11.6 Å². The van der Waals surface area contributed by atoms with Gasteiger partial charge in [0, 0.05) is 21.1 Å². The molecule has 4 heavy (non-hydrogen) atoms. The first-order valence-electron chi connectivity index (χ1n) is 0.333. The van der Waals surface area contributed by atoms with Gasteiger partial charge in [0.25, 0.3) is 0 Å². The normalized spacial score (nSPS) is 3.00. The summed E-state index contributed by atoms with van der Waals surface area (Å²) in [5.41, 5.74) is 0. The van der Waals surface area contributed by atoms with Crippen LogP contribution in [0.4, 0.5) is 0 Å². The third kappa shape index (κ3) is 22.1. The Labute approximate surface area is 41.5 Å². The van der Waals surface area contributed by atoms with Gasteiger partial charge in [-0.1, -0.05) is 0 Å². The molecule has 0 unspecified atom stereocenters. The van der Waals surface area contributed by atoms with Gasteiger partial charge in [-0.05, 0) is 0 Å². The van der Waals surface area contributed by atoms with Crippen molar-refractivity contribution < 1.29 is 29.5 Å². The Bertz CT molecular complexity index is 27.0. The Kier molecular flexibility index (Phi) is 21.4. The summed E-state index contributed by atoms with van der Waals surface area (Å²) in [6, 6.07) is 0. The van der Waals surface area contributed by atoms with E-state index < -0.39 is 11.6 Å². The van der Waals surface area contributed by atoms with Crippen LogP contribution in [0.1, 0.15) is 0 Å². The molecule has 0 aromatic rings. The topological polar surface area (TPSA) is 34.1 Å². The van der Waals surface area contributed by atoms with Crippen LogP contribution in [0.25, 0.3) is 0 Å². The molecule has 0 spiro atoms. The molecule has 0 aliphatic carbocycles. The molecule has 0 N–H and O–H groups in total. The number of hydrogen-bond donors (Lipinski definition) is 0. The van der Waals surface area contributed by atoms with Crippen LogP contribution >= 0.6 is 0 Å². The summed E-state index contributed by atoms with van der Waals surface area (Å²) in [6.45, 7) is 0. The fourth-order valence-corrected chi connectivity index (χ4v) is 0. The Morgan fingerprint density at radius 2 is 1.25 bits per heavy atom. The predicted molar refractivity (Wildman–Crippen MR) is 8.92 cm³/mol. The van der Waals surface area contributed by atoms with Crippen molar-refractivity contribution in [2.75, 3.05) is 0 Å². The maximum absolute atomic E-state index is 8.29. The van der Waals surface area contributed by atoms with Crippen LogP contribution in [0.15, 0.2) is 0 Å². The van der Waals surface area contributed by atoms with Crippen molar-refractivity contribution in [2.45, 2.75) is 0 Å². The van der Waals surface area contributed by atoms with E-state index in [1.807, 2.05) is 0 Å². The second-order valence-corrected chi connectivity index (χ2v) is 0.204. The smallest absolute Gasteiger partial charge is 0.168 e. The summed E-state index contributed by atoms with van der Waals surface area (Å²) >= 11 is -0.750. The molecule has 0 rings (SSSR count).